The van der Waals surface area contributed by atoms with Crippen molar-refractivity contribution in [3.8, 4) is 0 Å². The summed E-state index contributed by atoms with van der Waals surface area (Å²) in [6.07, 6.45) is 1.56. The number of hydrogen-bond donors (Lipinski definition) is 3. The van der Waals surface area contributed by atoms with Crippen molar-refractivity contribution in [1.82, 2.24) is 14.5 Å². The van der Waals surface area contributed by atoms with Gasteiger partial charge in [0.05, 0.1) is 10.4 Å². The lowest BCUT2D eigenvalue weighted by Gasteiger charge is -2.30. The molecule has 0 bridgehead atoms. The van der Waals surface area contributed by atoms with Gasteiger partial charge in [-0.25, -0.2) is 8.42 Å². The topological polar surface area (TPSA) is 121 Å². The zero-order chi connectivity index (χ0) is 20.4. The first-order valence-electron chi connectivity index (χ1n) is 9.54. The van der Waals surface area contributed by atoms with E-state index in [2.05, 4.69) is 15.5 Å². The molecule has 1 aliphatic heterocycles. The van der Waals surface area contributed by atoms with Gasteiger partial charge < -0.3 is 11.1 Å². The van der Waals surface area contributed by atoms with Crippen molar-refractivity contribution in [2.75, 3.05) is 25.0 Å². The van der Waals surface area contributed by atoms with Crippen molar-refractivity contribution in [2.45, 2.75) is 17.7 Å². The lowest BCUT2D eigenvalue weighted by Crippen LogP contribution is -2.39. The maximum atomic E-state index is 12.8. The van der Waals surface area contributed by atoms with Gasteiger partial charge in [-0.15, -0.1) is 0 Å². The number of benzene rings is 2. The number of fused-ring (bicyclic) bond motifs is 1. The summed E-state index contributed by atoms with van der Waals surface area (Å²) in [4.78, 5) is 12.8. The Morgan fingerprint density at radius 3 is 2.52 bits per heavy atom. The van der Waals surface area contributed by atoms with Gasteiger partial charge in [-0.05, 0) is 55.6 Å². The molecule has 152 valence electrons. The molecule has 0 atom stereocenters. The summed E-state index contributed by atoms with van der Waals surface area (Å²) < 4.78 is 27.2. The van der Waals surface area contributed by atoms with Crippen LogP contribution in [0.2, 0.25) is 0 Å². The van der Waals surface area contributed by atoms with Gasteiger partial charge in [0.1, 0.15) is 0 Å². The first kappa shape index (κ1) is 19.6. The molecule has 1 saturated heterocycles. The van der Waals surface area contributed by atoms with Crippen LogP contribution < -0.4 is 11.1 Å². The Balaban J connectivity index is 1.47. The molecule has 1 aromatic heterocycles. The van der Waals surface area contributed by atoms with E-state index in [1.54, 1.807) is 12.1 Å². The van der Waals surface area contributed by atoms with E-state index in [1.165, 1.54) is 16.4 Å². The van der Waals surface area contributed by atoms with Gasteiger partial charge in [-0.2, -0.15) is 9.40 Å². The molecule has 3 aromatic rings. The van der Waals surface area contributed by atoms with E-state index >= 15 is 0 Å². The molecule has 4 N–H and O–H groups in total. The van der Waals surface area contributed by atoms with Gasteiger partial charge in [0.2, 0.25) is 10.0 Å². The molecule has 0 aliphatic carbocycles. The minimum Gasteiger partial charge on any atom is -0.330 e. The summed E-state index contributed by atoms with van der Waals surface area (Å²) in [5.41, 5.74) is 7.25. The Kier molecular flexibility index (Phi) is 5.35. The maximum Gasteiger partial charge on any atom is 0.276 e. The molecular formula is C20H23N5O3S. The molecule has 1 aliphatic rings. The van der Waals surface area contributed by atoms with Crippen LogP contribution in [0.25, 0.3) is 10.9 Å². The van der Waals surface area contributed by atoms with Crippen LogP contribution in [-0.4, -0.2) is 48.5 Å². The smallest absolute Gasteiger partial charge is 0.276 e. The Bertz CT molecular complexity index is 1120. The van der Waals surface area contributed by atoms with E-state index in [0.717, 1.165) is 23.7 Å². The fourth-order valence-corrected chi connectivity index (χ4v) is 5.04. The fourth-order valence-electron chi connectivity index (χ4n) is 3.57. The van der Waals surface area contributed by atoms with Crippen LogP contribution in [0.3, 0.4) is 0 Å². The van der Waals surface area contributed by atoms with Crippen LogP contribution in [-0.2, 0) is 10.0 Å². The molecule has 2 heterocycles. The largest absolute Gasteiger partial charge is 0.330 e. The summed E-state index contributed by atoms with van der Waals surface area (Å²) in [6.45, 7) is 1.55. The van der Waals surface area contributed by atoms with E-state index in [4.69, 9.17) is 5.73 Å². The highest BCUT2D eigenvalue weighted by Crippen LogP contribution is 2.24. The van der Waals surface area contributed by atoms with Crippen molar-refractivity contribution >= 4 is 32.5 Å². The van der Waals surface area contributed by atoms with Crippen LogP contribution in [0.5, 0.6) is 0 Å². The third kappa shape index (κ3) is 3.89. The van der Waals surface area contributed by atoms with Crippen LogP contribution >= 0.6 is 0 Å². The van der Waals surface area contributed by atoms with Crippen molar-refractivity contribution in [1.29, 1.82) is 0 Å². The normalized spacial score (nSPS) is 16.2. The van der Waals surface area contributed by atoms with Gasteiger partial charge in [0.25, 0.3) is 5.91 Å². The number of nitrogens with two attached hydrogens (primary N) is 1. The molecule has 8 nitrogen and oxygen atoms in total. The molecule has 1 amide bonds. The van der Waals surface area contributed by atoms with Gasteiger partial charge in [-0.3, -0.25) is 9.89 Å². The van der Waals surface area contributed by atoms with E-state index < -0.39 is 10.0 Å². The summed E-state index contributed by atoms with van der Waals surface area (Å²) in [5.74, 6) is 0.0269. The molecule has 9 heteroatoms. The average molecular weight is 414 g/mol. The number of nitrogens with zero attached hydrogens (tertiary/aromatic N) is 2. The molecule has 4 rings (SSSR count). The first-order chi connectivity index (χ1) is 14.0. The standard InChI is InChI=1S/C20H23N5O3S/c21-13-14-9-11-25(12-10-14)29(27,28)16-7-5-15(6-8-16)22-20(26)19-17-3-1-2-4-18(17)23-24-19/h1-8,14H,9-13,21H2,(H,22,26)(H,23,24). The monoisotopic (exact) mass is 413 g/mol. The molecule has 2 aromatic carbocycles. The van der Waals surface area contributed by atoms with Crippen LogP contribution in [0.15, 0.2) is 53.4 Å². The molecule has 0 saturated carbocycles. The highest BCUT2D eigenvalue weighted by Gasteiger charge is 2.28. The van der Waals surface area contributed by atoms with Crippen molar-refractivity contribution < 1.29 is 13.2 Å². The van der Waals surface area contributed by atoms with Crippen molar-refractivity contribution in [2.24, 2.45) is 11.7 Å². The molecule has 0 unspecified atom stereocenters. The average Bonchev–Trinajstić information content (AvgIpc) is 3.18. The highest BCUT2D eigenvalue weighted by molar-refractivity contribution is 7.89. The molecular weight excluding hydrogens is 390 g/mol. The summed E-state index contributed by atoms with van der Waals surface area (Å²) in [5, 5.41) is 10.4. The number of nitrogens with one attached hydrogen (secondary N) is 2. The van der Waals surface area contributed by atoms with Crippen molar-refractivity contribution in [3.63, 3.8) is 0 Å². The minimum atomic E-state index is -3.55. The number of H-pyrrole nitrogens is 1. The number of para-hydroxylation sites is 1. The van der Waals surface area contributed by atoms with Crippen molar-refractivity contribution in [3.05, 3.63) is 54.2 Å². The number of amides is 1. The van der Waals surface area contributed by atoms with Crippen LogP contribution in [0.1, 0.15) is 23.3 Å². The number of sulfonamides is 1. The maximum absolute atomic E-state index is 12.8. The van der Waals surface area contributed by atoms with E-state index in [-0.39, 0.29) is 10.8 Å². The molecule has 1 fully saturated rings. The van der Waals surface area contributed by atoms with E-state index in [0.29, 0.717) is 36.9 Å². The lowest BCUT2D eigenvalue weighted by atomic mass is 9.99. The van der Waals surface area contributed by atoms with E-state index in [1.807, 2.05) is 24.3 Å². The predicted molar refractivity (Wildman–Crippen MR) is 111 cm³/mol. The number of anilines is 1. The number of hydrogen-bond acceptors (Lipinski definition) is 5. The second-order valence-electron chi connectivity index (χ2n) is 7.18. The number of rotatable bonds is 5. The molecule has 0 spiro atoms. The highest BCUT2D eigenvalue weighted by atomic mass is 32.2. The third-order valence-corrected chi connectivity index (χ3v) is 7.26. The van der Waals surface area contributed by atoms with Crippen LogP contribution in [0, 0.1) is 5.92 Å². The predicted octanol–water partition coefficient (Wildman–Crippen LogP) is 2.17. The number of aromatic amines is 1. The van der Waals surface area contributed by atoms with Gasteiger partial charge >= 0.3 is 0 Å². The van der Waals surface area contributed by atoms with Gasteiger partial charge in [0, 0.05) is 24.2 Å². The Labute approximate surface area is 169 Å². The zero-order valence-corrected chi connectivity index (χ0v) is 16.7. The Morgan fingerprint density at radius 1 is 1.14 bits per heavy atom. The molecule has 29 heavy (non-hydrogen) atoms. The van der Waals surface area contributed by atoms with E-state index in [9.17, 15) is 13.2 Å². The minimum absolute atomic E-state index is 0.215. The number of carbonyl (C=O) groups excluding carboxylic acids is 1. The summed E-state index contributed by atoms with van der Waals surface area (Å²) in [7, 11) is -3.55. The number of aromatic nitrogens is 2. The van der Waals surface area contributed by atoms with Gasteiger partial charge in [-0.1, -0.05) is 18.2 Å². The fraction of sp³-hybridized carbons (Fsp3) is 0.300. The second-order valence-corrected chi connectivity index (χ2v) is 9.12. The Hall–Kier alpha value is -2.75. The summed E-state index contributed by atoms with van der Waals surface area (Å²) >= 11 is 0. The summed E-state index contributed by atoms with van der Waals surface area (Å²) in [6, 6.07) is 13.6. The number of piperidine rings is 1. The number of carbonyl (C=O) groups is 1. The zero-order valence-electron chi connectivity index (χ0n) is 15.8. The Morgan fingerprint density at radius 2 is 1.83 bits per heavy atom. The van der Waals surface area contributed by atoms with Crippen LogP contribution in [0.4, 0.5) is 5.69 Å². The SMILES string of the molecule is NCC1CCN(S(=O)(=O)c2ccc(NC(=O)c3n[nH]c4ccccc34)cc2)CC1. The van der Waals surface area contributed by atoms with Gasteiger partial charge in [0.15, 0.2) is 5.69 Å². The lowest BCUT2D eigenvalue weighted by molar-refractivity contribution is 0.102. The third-order valence-electron chi connectivity index (χ3n) is 5.34. The second kappa shape index (κ2) is 7.94. The molecule has 0 radical (unpaired) electrons. The quantitative estimate of drug-likeness (QED) is 0.592. The first-order valence-corrected chi connectivity index (χ1v) is 11.0.